The van der Waals surface area contributed by atoms with Crippen LogP contribution in [-0.2, 0) is 27.4 Å². The zero-order valence-corrected chi connectivity index (χ0v) is 19.3. The Labute approximate surface area is 178 Å². The first-order chi connectivity index (χ1) is 13.6. The molecule has 0 aromatic heterocycles. The summed E-state index contributed by atoms with van der Waals surface area (Å²) in [5.41, 5.74) is 6.75. The molecule has 5 atom stereocenters. The Morgan fingerprint density at radius 1 is 1.17 bits per heavy atom. The summed E-state index contributed by atoms with van der Waals surface area (Å²) in [7, 11) is -4.47. The number of hydrogen-bond acceptors (Lipinski definition) is 4. The van der Waals surface area contributed by atoms with Crippen molar-refractivity contribution < 1.29 is 12.6 Å². The van der Waals surface area contributed by atoms with Gasteiger partial charge in [-0.3, -0.25) is 0 Å². The molecule has 3 rings (SSSR count). The van der Waals surface area contributed by atoms with Gasteiger partial charge in [0.25, 0.3) is 0 Å². The lowest BCUT2D eigenvalue weighted by Crippen LogP contribution is -2.53. The number of nitrogens with two attached hydrogens (primary N) is 1. The highest BCUT2D eigenvalue weighted by Gasteiger charge is 2.48. The normalized spacial score (nSPS) is 27.7. The van der Waals surface area contributed by atoms with E-state index >= 15 is 0 Å². The number of fused-ring (bicyclic) bond motifs is 2. The maximum absolute atomic E-state index is 12.9. The molecule has 3 N–H and O–H groups in total. The van der Waals surface area contributed by atoms with Crippen LogP contribution in [0, 0.1) is 5.92 Å². The van der Waals surface area contributed by atoms with Crippen molar-refractivity contribution in [3.8, 4) is 0 Å². The molecule has 2 saturated heterocycles. The number of rotatable bonds is 8. The van der Waals surface area contributed by atoms with Gasteiger partial charge < -0.3 is 5.73 Å². The maximum atomic E-state index is 12.9. The molecule has 6 nitrogen and oxygen atoms in total. The number of benzene rings is 1. The molecular formula is C21H35N3O3S2. The summed E-state index contributed by atoms with van der Waals surface area (Å²) in [4.78, 5) is 0. The quantitative estimate of drug-likeness (QED) is 0.647. The number of nitrogens with zero attached hydrogens (tertiary/aromatic N) is 1. The molecule has 0 radical (unpaired) electrons. The van der Waals surface area contributed by atoms with E-state index in [-0.39, 0.29) is 35.2 Å². The van der Waals surface area contributed by atoms with E-state index in [9.17, 15) is 12.6 Å². The van der Waals surface area contributed by atoms with E-state index in [1.54, 1.807) is 4.31 Å². The fraction of sp³-hybridized carbons (Fsp3) is 0.714. The van der Waals surface area contributed by atoms with Gasteiger partial charge >= 0.3 is 0 Å². The van der Waals surface area contributed by atoms with Crippen LogP contribution in [0.25, 0.3) is 0 Å². The number of sulfonamides is 1. The SMILES string of the molecule is CC(C)(C)[S@](=O)N[C@@H](Cc1ccccc1)C1C[C@H]2CC[C@@H](C1)N2S(=O)(=O)CCN. The molecule has 1 unspecified atom stereocenters. The molecule has 0 saturated carbocycles. The summed E-state index contributed by atoms with van der Waals surface area (Å²) in [6.45, 7) is 6.08. The molecule has 2 heterocycles. The number of hydrogen-bond donors (Lipinski definition) is 2. The summed E-state index contributed by atoms with van der Waals surface area (Å²) in [5, 5.41) is 0. The highest BCUT2D eigenvalue weighted by molar-refractivity contribution is 7.89. The molecule has 2 aliphatic heterocycles. The highest BCUT2D eigenvalue weighted by atomic mass is 32.2. The standard InChI is InChI=1S/C21H35N3O3S2/c1-21(2,3)28(25)23-20(13-16-7-5-4-6-8-16)17-14-18-9-10-19(15-17)24(18)29(26,27)12-11-22/h4-8,17-20,23H,9-15,22H2,1-3H3/t17?,18-,19+,20-,28-/m0/s1. The van der Waals surface area contributed by atoms with Crippen LogP contribution in [0.15, 0.2) is 30.3 Å². The van der Waals surface area contributed by atoms with Crippen molar-refractivity contribution in [1.82, 2.24) is 9.03 Å². The second-order valence-electron chi connectivity index (χ2n) is 9.35. The molecule has 1 aromatic carbocycles. The Morgan fingerprint density at radius 2 is 1.76 bits per heavy atom. The first-order valence-electron chi connectivity index (χ1n) is 10.5. The molecule has 2 aliphatic rings. The number of nitrogens with one attached hydrogen (secondary N) is 1. The third-order valence-electron chi connectivity index (χ3n) is 6.08. The van der Waals surface area contributed by atoms with Gasteiger partial charge in [0.1, 0.15) is 0 Å². The maximum Gasteiger partial charge on any atom is 0.215 e. The van der Waals surface area contributed by atoms with Crippen LogP contribution in [-0.4, -0.2) is 52.1 Å². The van der Waals surface area contributed by atoms with Gasteiger partial charge in [0.2, 0.25) is 10.0 Å². The van der Waals surface area contributed by atoms with Crippen molar-refractivity contribution in [3.63, 3.8) is 0 Å². The van der Waals surface area contributed by atoms with Crippen molar-refractivity contribution in [3.05, 3.63) is 35.9 Å². The van der Waals surface area contributed by atoms with Crippen LogP contribution < -0.4 is 10.5 Å². The monoisotopic (exact) mass is 441 g/mol. The average Bonchev–Trinajstić information content (AvgIpc) is 2.93. The zero-order valence-electron chi connectivity index (χ0n) is 17.7. The van der Waals surface area contributed by atoms with E-state index in [4.69, 9.17) is 5.73 Å². The van der Waals surface area contributed by atoms with Crippen molar-refractivity contribution in [2.45, 2.75) is 75.7 Å². The average molecular weight is 442 g/mol. The minimum atomic E-state index is -3.30. The van der Waals surface area contributed by atoms with Crippen LogP contribution in [0.2, 0.25) is 0 Å². The van der Waals surface area contributed by atoms with Crippen LogP contribution in [0.3, 0.4) is 0 Å². The van der Waals surface area contributed by atoms with Crippen LogP contribution >= 0.6 is 0 Å². The highest BCUT2D eigenvalue weighted by Crippen LogP contribution is 2.42. The van der Waals surface area contributed by atoms with Gasteiger partial charge in [-0.15, -0.1) is 0 Å². The first kappa shape index (κ1) is 22.9. The molecule has 0 spiro atoms. The van der Waals surface area contributed by atoms with Crippen molar-refractivity contribution in [2.24, 2.45) is 11.7 Å². The summed E-state index contributed by atoms with van der Waals surface area (Å²) >= 11 is 0. The fourth-order valence-corrected chi connectivity index (χ4v) is 7.40. The second-order valence-corrected chi connectivity index (χ2v) is 13.3. The van der Waals surface area contributed by atoms with Crippen molar-refractivity contribution in [1.29, 1.82) is 0 Å². The summed E-state index contributed by atoms with van der Waals surface area (Å²) in [5.74, 6) is 0.313. The van der Waals surface area contributed by atoms with E-state index in [1.807, 2.05) is 39.0 Å². The Bertz CT molecular complexity index is 794. The molecule has 8 heteroatoms. The predicted octanol–water partition coefficient (Wildman–Crippen LogP) is 2.18. The Morgan fingerprint density at radius 3 is 2.28 bits per heavy atom. The van der Waals surface area contributed by atoms with Crippen molar-refractivity contribution >= 4 is 21.0 Å². The second kappa shape index (κ2) is 9.14. The molecular weight excluding hydrogens is 406 g/mol. The van der Waals surface area contributed by atoms with Gasteiger partial charge in [-0.25, -0.2) is 17.3 Å². The smallest absolute Gasteiger partial charge is 0.215 e. The lowest BCUT2D eigenvalue weighted by Gasteiger charge is -2.41. The van der Waals surface area contributed by atoms with Crippen LogP contribution in [0.1, 0.15) is 52.0 Å². The lowest BCUT2D eigenvalue weighted by molar-refractivity contribution is 0.166. The molecule has 0 aliphatic carbocycles. The van der Waals surface area contributed by atoms with Gasteiger partial charge in [-0.1, -0.05) is 30.3 Å². The fourth-order valence-electron chi connectivity index (χ4n) is 4.70. The van der Waals surface area contributed by atoms with Crippen LogP contribution in [0.5, 0.6) is 0 Å². The minimum Gasteiger partial charge on any atom is -0.329 e. The van der Waals surface area contributed by atoms with E-state index in [0.29, 0.717) is 5.92 Å². The largest absolute Gasteiger partial charge is 0.329 e. The lowest BCUT2D eigenvalue weighted by atomic mass is 9.84. The van der Waals surface area contributed by atoms with E-state index < -0.39 is 21.0 Å². The summed E-state index contributed by atoms with van der Waals surface area (Å²) in [6, 6.07) is 10.4. The molecule has 29 heavy (non-hydrogen) atoms. The Hall–Kier alpha value is -0.800. The predicted molar refractivity (Wildman–Crippen MR) is 119 cm³/mol. The van der Waals surface area contributed by atoms with Gasteiger partial charge in [-0.05, 0) is 64.4 Å². The summed E-state index contributed by atoms with van der Waals surface area (Å²) in [6.07, 6.45) is 4.23. The van der Waals surface area contributed by atoms with E-state index in [0.717, 1.165) is 32.1 Å². The van der Waals surface area contributed by atoms with Gasteiger partial charge in [0.05, 0.1) is 21.5 Å². The van der Waals surface area contributed by atoms with Crippen molar-refractivity contribution in [2.75, 3.05) is 12.3 Å². The van der Waals surface area contributed by atoms with Gasteiger partial charge in [0, 0.05) is 24.7 Å². The van der Waals surface area contributed by atoms with Crippen LogP contribution in [0.4, 0.5) is 0 Å². The molecule has 0 amide bonds. The Balaban J connectivity index is 1.79. The third kappa shape index (κ3) is 5.47. The third-order valence-corrected chi connectivity index (χ3v) is 9.70. The zero-order chi connectivity index (χ0) is 21.2. The van der Waals surface area contributed by atoms with E-state index in [2.05, 4.69) is 16.9 Å². The van der Waals surface area contributed by atoms with Gasteiger partial charge in [0.15, 0.2) is 0 Å². The van der Waals surface area contributed by atoms with E-state index in [1.165, 1.54) is 5.56 Å². The molecule has 2 bridgehead atoms. The number of piperidine rings is 1. The van der Waals surface area contributed by atoms with Gasteiger partial charge in [-0.2, -0.15) is 4.31 Å². The first-order valence-corrected chi connectivity index (χ1v) is 13.3. The molecule has 164 valence electrons. The molecule has 1 aromatic rings. The minimum absolute atomic E-state index is 0.0183. The topological polar surface area (TPSA) is 92.5 Å². The summed E-state index contributed by atoms with van der Waals surface area (Å²) < 4.78 is 43.1. The molecule has 2 fully saturated rings. The Kier molecular flexibility index (Phi) is 7.21.